The van der Waals surface area contributed by atoms with Crippen LogP contribution in [0.5, 0.6) is 5.75 Å². The molecule has 3 nitrogen and oxygen atoms in total. The van der Waals surface area contributed by atoms with Crippen LogP contribution in [0.3, 0.4) is 0 Å². The second-order valence-corrected chi connectivity index (χ2v) is 7.77. The number of fused-ring (bicyclic) bond motifs is 2. The smallest absolute Gasteiger partial charge is 0.213 e. The van der Waals surface area contributed by atoms with Crippen LogP contribution >= 0.6 is 12.4 Å². The van der Waals surface area contributed by atoms with Gasteiger partial charge in [0.25, 0.3) is 0 Å². The highest BCUT2D eigenvalue weighted by Crippen LogP contribution is 2.29. The van der Waals surface area contributed by atoms with E-state index >= 15 is 0 Å². The summed E-state index contributed by atoms with van der Waals surface area (Å²) < 4.78 is 8.44. The van der Waals surface area contributed by atoms with E-state index < -0.39 is 0 Å². The first-order valence-electron chi connectivity index (χ1n) is 10.9. The molecule has 0 radical (unpaired) electrons. The molecular formula is C27H32Cl2N2O. The molecular weight excluding hydrogens is 439 g/mol. The fourth-order valence-electron chi connectivity index (χ4n) is 4.26. The maximum Gasteiger partial charge on any atom is 0.213 e. The molecule has 0 aliphatic rings. The molecule has 0 N–H and O–H groups in total. The largest absolute Gasteiger partial charge is 1.00 e. The summed E-state index contributed by atoms with van der Waals surface area (Å²) >= 11 is 0. The quantitative estimate of drug-likeness (QED) is 0.290. The van der Waals surface area contributed by atoms with Gasteiger partial charge in [0, 0.05) is 18.7 Å². The number of para-hydroxylation sites is 1. The van der Waals surface area contributed by atoms with E-state index in [1.165, 1.54) is 32.9 Å². The minimum absolute atomic E-state index is 0. The molecule has 1 aromatic heterocycles. The Balaban J connectivity index is 0.00000181. The van der Waals surface area contributed by atoms with Gasteiger partial charge in [-0.05, 0) is 48.8 Å². The van der Waals surface area contributed by atoms with Crippen molar-refractivity contribution in [3.63, 3.8) is 0 Å². The van der Waals surface area contributed by atoms with Crippen LogP contribution in [0.2, 0.25) is 0 Å². The predicted octanol–water partition coefficient (Wildman–Crippen LogP) is 2.55. The topological polar surface area (TPSA) is 16.4 Å². The lowest BCUT2D eigenvalue weighted by Gasteiger charge is -2.18. The van der Waals surface area contributed by atoms with Gasteiger partial charge < -0.3 is 22.0 Å². The van der Waals surface area contributed by atoms with Gasteiger partial charge in [0.05, 0.1) is 10.8 Å². The first kappa shape index (κ1) is 25.9. The van der Waals surface area contributed by atoms with E-state index in [2.05, 4.69) is 103 Å². The summed E-state index contributed by atoms with van der Waals surface area (Å²) in [4.78, 5) is 2.38. The third kappa shape index (κ3) is 5.53. The van der Waals surface area contributed by atoms with Gasteiger partial charge in [-0.25, -0.2) is 0 Å². The molecule has 5 heteroatoms. The molecule has 4 rings (SSSR count). The lowest BCUT2D eigenvalue weighted by molar-refractivity contribution is -0.617. The molecule has 4 aromatic rings. The molecule has 0 saturated heterocycles. The second-order valence-electron chi connectivity index (χ2n) is 7.77. The van der Waals surface area contributed by atoms with Crippen molar-refractivity contribution in [2.45, 2.75) is 20.3 Å². The van der Waals surface area contributed by atoms with Gasteiger partial charge in [0.2, 0.25) is 11.0 Å². The number of hydrogen-bond acceptors (Lipinski definition) is 2. The molecule has 0 fully saturated rings. The summed E-state index contributed by atoms with van der Waals surface area (Å²) in [5.41, 5.74) is 5.17. The molecule has 170 valence electrons. The van der Waals surface area contributed by atoms with Crippen molar-refractivity contribution in [2.24, 2.45) is 7.05 Å². The molecule has 0 saturated carbocycles. The summed E-state index contributed by atoms with van der Waals surface area (Å²) in [7, 11) is 2.15. The van der Waals surface area contributed by atoms with Crippen molar-refractivity contribution in [3.05, 3.63) is 83.9 Å². The highest BCUT2D eigenvalue weighted by atomic mass is 35.5. The molecule has 0 atom stereocenters. The Morgan fingerprint density at radius 3 is 2.19 bits per heavy atom. The summed E-state index contributed by atoms with van der Waals surface area (Å²) in [6.45, 7) is 8.16. The highest BCUT2D eigenvalue weighted by Gasteiger charge is 2.18. The van der Waals surface area contributed by atoms with Crippen LogP contribution in [-0.4, -0.2) is 31.1 Å². The van der Waals surface area contributed by atoms with Crippen LogP contribution in [0.25, 0.3) is 21.8 Å². The average Bonchev–Trinajstić information content (AvgIpc) is 2.80. The van der Waals surface area contributed by atoms with Gasteiger partial charge in [-0.1, -0.05) is 56.3 Å². The van der Waals surface area contributed by atoms with Crippen molar-refractivity contribution in [1.82, 2.24) is 4.90 Å². The molecule has 0 bridgehead atoms. The zero-order chi connectivity index (χ0) is 20.9. The van der Waals surface area contributed by atoms with Gasteiger partial charge in [-0.2, -0.15) is 4.57 Å². The van der Waals surface area contributed by atoms with Crippen LogP contribution in [0.4, 0.5) is 0 Å². The first-order valence-corrected chi connectivity index (χ1v) is 10.9. The Morgan fingerprint density at radius 1 is 0.812 bits per heavy atom. The average molecular weight is 471 g/mol. The molecule has 3 aromatic carbocycles. The number of likely N-dealkylation sites (N-methyl/N-ethyl adjacent to an activating group) is 1. The molecule has 32 heavy (non-hydrogen) atoms. The summed E-state index contributed by atoms with van der Waals surface area (Å²) in [6.07, 6.45) is 0.904. The van der Waals surface area contributed by atoms with Crippen LogP contribution in [0.1, 0.15) is 25.0 Å². The highest BCUT2D eigenvalue weighted by molar-refractivity contribution is 5.94. The number of rotatable bonds is 8. The van der Waals surface area contributed by atoms with Crippen molar-refractivity contribution in [3.8, 4) is 5.75 Å². The number of pyridine rings is 1. The van der Waals surface area contributed by atoms with Gasteiger partial charge in [0.1, 0.15) is 19.4 Å². The minimum atomic E-state index is 0. The SMILES string of the molecule is CCN(CC)CCOc1ccc2c(c1)c(Cc1ccccc1)c1ccccc1[n+]2C.Cl.[Cl-]. The molecule has 0 aliphatic carbocycles. The third-order valence-electron chi connectivity index (χ3n) is 6.04. The normalized spacial score (nSPS) is 10.8. The van der Waals surface area contributed by atoms with E-state index in [0.29, 0.717) is 6.61 Å². The van der Waals surface area contributed by atoms with E-state index in [0.717, 1.165) is 31.8 Å². The second kappa shape index (κ2) is 12.1. The number of aromatic nitrogens is 1. The van der Waals surface area contributed by atoms with E-state index in [9.17, 15) is 0 Å². The zero-order valence-corrected chi connectivity index (χ0v) is 20.6. The Labute approximate surface area is 203 Å². The molecule has 0 spiro atoms. The monoisotopic (exact) mass is 470 g/mol. The van der Waals surface area contributed by atoms with Gasteiger partial charge in [-0.15, -0.1) is 12.4 Å². The first-order chi connectivity index (χ1) is 14.7. The van der Waals surface area contributed by atoms with Crippen LogP contribution in [-0.2, 0) is 13.5 Å². The molecule has 1 heterocycles. The summed E-state index contributed by atoms with van der Waals surface area (Å²) in [5, 5.41) is 2.57. The van der Waals surface area contributed by atoms with Gasteiger partial charge in [-0.3, -0.25) is 0 Å². The number of ether oxygens (including phenoxy) is 1. The minimum Gasteiger partial charge on any atom is -1.00 e. The Morgan fingerprint density at radius 2 is 1.47 bits per heavy atom. The number of nitrogens with zero attached hydrogens (tertiary/aromatic N) is 2. The van der Waals surface area contributed by atoms with Crippen LogP contribution in [0.15, 0.2) is 72.8 Å². The van der Waals surface area contributed by atoms with Crippen molar-refractivity contribution in [1.29, 1.82) is 0 Å². The molecule has 0 aliphatic heterocycles. The Kier molecular flexibility index (Phi) is 9.77. The van der Waals surface area contributed by atoms with Crippen molar-refractivity contribution < 1.29 is 21.7 Å². The number of benzene rings is 3. The maximum atomic E-state index is 6.15. The van der Waals surface area contributed by atoms with E-state index in [1.807, 2.05) is 0 Å². The molecule has 0 unspecified atom stereocenters. The third-order valence-corrected chi connectivity index (χ3v) is 6.04. The summed E-state index contributed by atoms with van der Waals surface area (Å²) in [5.74, 6) is 0.944. The zero-order valence-electron chi connectivity index (χ0n) is 19.1. The number of aryl methyl sites for hydroxylation is 1. The van der Waals surface area contributed by atoms with Crippen molar-refractivity contribution in [2.75, 3.05) is 26.2 Å². The lowest BCUT2D eigenvalue weighted by atomic mass is 9.96. The standard InChI is InChI=1S/C27H31N2O.2ClH/c1-4-29(5-2)17-18-30-22-15-16-27-25(20-22)24(19-21-11-7-6-8-12-21)23-13-9-10-14-26(23)28(27)3;;/h6-16,20H,4-5,17-19H2,1-3H3;2*1H/q+1;;/p-1. The maximum absolute atomic E-state index is 6.15. The fraction of sp³-hybridized carbons (Fsp3) is 0.296. The molecule has 0 amide bonds. The number of hydrogen-bond donors (Lipinski definition) is 0. The van der Waals surface area contributed by atoms with Gasteiger partial charge in [0.15, 0.2) is 0 Å². The van der Waals surface area contributed by atoms with Crippen molar-refractivity contribution >= 4 is 34.2 Å². The van der Waals surface area contributed by atoms with E-state index in [1.54, 1.807) is 0 Å². The predicted molar refractivity (Wildman–Crippen MR) is 132 cm³/mol. The Bertz CT molecular complexity index is 1140. The summed E-state index contributed by atoms with van der Waals surface area (Å²) in [6, 6.07) is 25.9. The van der Waals surface area contributed by atoms with E-state index in [-0.39, 0.29) is 24.8 Å². The number of halogens is 2. The lowest BCUT2D eigenvalue weighted by Crippen LogP contribution is -3.00. The fourth-order valence-corrected chi connectivity index (χ4v) is 4.26. The Hall–Kier alpha value is -2.33. The van der Waals surface area contributed by atoms with Gasteiger partial charge >= 0.3 is 0 Å². The van der Waals surface area contributed by atoms with Crippen LogP contribution < -0.4 is 21.7 Å². The van der Waals surface area contributed by atoms with E-state index in [4.69, 9.17) is 4.74 Å². The van der Waals surface area contributed by atoms with Crippen LogP contribution in [0, 0.1) is 0 Å².